The quantitative estimate of drug-likeness (QED) is 0.504. The number of anilines is 1. The molecule has 2 aliphatic rings. The summed E-state index contributed by atoms with van der Waals surface area (Å²) >= 11 is 0. The van der Waals surface area contributed by atoms with Gasteiger partial charge in [-0.05, 0) is 41.8 Å². The topological polar surface area (TPSA) is 44.9 Å². The summed E-state index contributed by atoms with van der Waals surface area (Å²) in [6.07, 6.45) is 4.03. The van der Waals surface area contributed by atoms with E-state index in [1.807, 2.05) is 24.5 Å². The number of rotatable bonds is 4. The van der Waals surface area contributed by atoms with Gasteiger partial charge in [-0.2, -0.15) is 30.3 Å². The third kappa shape index (κ3) is 4.09. The molecule has 0 saturated heterocycles. The maximum Gasteiger partial charge on any atom is 0.0891 e. The molecule has 5 heteroatoms. The van der Waals surface area contributed by atoms with Crippen LogP contribution in [0.25, 0.3) is 5.57 Å². The second-order valence-corrected chi connectivity index (χ2v) is 9.03. The molecule has 0 spiro atoms. The third-order valence-corrected chi connectivity index (χ3v) is 6.97. The molecule has 1 radical (unpaired) electrons. The zero-order valence-electron chi connectivity index (χ0n) is 20.0. The molecular weight excluding hydrogens is 493 g/mol. The minimum atomic E-state index is -0.727. The van der Waals surface area contributed by atoms with Crippen LogP contribution in [0.15, 0.2) is 90.1 Å². The predicted molar refractivity (Wildman–Crippen MR) is 137 cm³/mol. The molecular formula is C29H29N4Y-. The van der Waals surface area contributed by atoms with E-state index in [1.165, 1.54) is 5.56 Å². The molecule has 2 atom stereocenters. The summed E-state index contributed by atoms with van der Waals surface area (Å²) in [5, 5.41) is 0. The van der Waals surface area contributed by atoms with Gasteiger partial charge in [0.2, 0.25) is 0 Å². The van der Waals surface area contributed by atoms with Crippen LogP contribution in [0.1, 0.15) is 27.8 Å². The van der Waals surface area contributed by atoms with Crippen LogP contribution in [-0.4, -0.2) is 37.9 Å². The first kappa shape index (κ1) is 24.6. The fourth-order valence-corrected chi connectivity index (χ4v) is 4.93. The number of benzene rings is 3. The van der Waals surface area contributed by atoms with Gasteiger partial charge in [-0.3, -0.25) is 4.99 Å². The van der Waals surface area contributed by atoms with Crippen molar-refractivity contribution in [2.45, 2.75) is 18.5 Å². The van der Waals surface area contributed by atoms with Crippen LogP contribution in [0.5, 0.6) is 0 Å². The van der Waals surface area contributed by atoms with Crippen LogP contribution < -0.4 is 10.6 Å². The molecule has 0 amide bonds. The molecule has 3 aromatic carbocycles. The summed E-state index contributed by atoms with van der Waals surface area (Å²) in [6.45, 7) is 7.02. The summed E-state index contributed by atoms with van der Waals surface area (Å²) in [5.74, 6) is 0. The Morgan fingerprint density at radius 2 is 1.82 bits per heavy atom. The number of aliphatic imine (C=N–C) groups is 1. The van der Waals surface area contributed by atoms with Gasteiger partial charge >= 0.3 is 0 Å². The molecule has 2 N–H and O–H groups in total. The molecule has 0 aromatic heterocycles. The zero-order chi connectivity index (χ0) is 23.2. The molecule has 5 rings (SSSR count). The van der Waals surface area contributed by atoms with Crippen LogP contribution in [0.2, 0.25) is 0 Å². The Morgan fingerprint density at radius 1 is 1.09 bits per heavy atom. The van der Waals surface area contributed by atoms with Crippen LogP contribution in [0.3, 0.4) is 0 Å². The number of allylic oxidation sites excluding steroid dienone is 1. The standard InChI is InChI=1S/C29H29N4.Y/c1-20-10-12-23(13-11-20)29(30,28-18-31-19-32(28)3)24-14-15-27-26(17-24)25(16-21(2)33(27)4)22-8-6-5-7-9-22;/h5-6,8-17,19,28H,2,18,30H2,1,3-4H3;/q-1;/t28?,29-;/m1./s1. The van der Waals surface area contributed by atoms with Crippen molar-refractivity contribution in [2.75, 3.05) is 25.5 Å². The molecule has 4 nitrogen and oxygen atoms in total. The van der Waals surface area contributed by atoms with E-state index in [1.54, 1.807) is 0 Å². The summed E-state index contributed by atoms with van der Waals surface area (Å²) < 4.78 is 0. The molecule has 169 valence electrons. The van der Waals surface area contributed by atoms with Crippen molar-refractivity contribution in [1.29, 1.82) is 0 Å². The van der Waals surface area contributed by atoms with E-state index < -0.39 is 5.54 Å². The summed E-state index contributed by atoms with van der Waals surface area (Å²) in [5.41, 5.74) is 15.5. The fourth-order valence-electron chi connectivity index (χ4n) is 4.93. The van der Waals surface area contributed by atoms with Gasteiger partial charge in [-0.1, -0.05) is 48.0 Å². The Hall–Kier alpha value is -2.53. The summed E-state index contributed by atoms with van der Waals surface area (Å²) in [7, 11) is 4.11. The summed E-state index contributed by atoms with van der Waals surface area (Å²) in [6, 6.07) is 26.5. The maximum atomic E-state index is 7.39. The Kier molecular flexibility index (Phi) is 6.95. The molecule has 2 aliphatic heterocycles. The van der Waals surface area contributed by atoms with Gasteiger partial charge in [0.25, 0.3) is 0 Å². The molecule has 2 heterocycles. The molecule has 1 unspecified atom stereocenters. The molecule has 0 saturated carbocycles. The minimum Gasteiger partial charge on any atom is -0.359 e. The van der Waals surface area contributed by atoms with E-state index in [4.69, 9.17) is 5.73 Å². The normalized spacial score (nSPS) is 18.8. The number of nitrogens with two attached hydrogens (primary N) is 1. The first-order valence-electron chi connectivity index (χ1n) is 11.2. The van der Waals surface area contributed by atoms with Crippen molar-refractivity contribution >= 4 is 17.6 Å². The number of likely N-dealkylation sites (N-methyl/N-ethyl adjacent to an activating group) is 2. The van der Waals surface area contributed by atoms with Crippen LogP contribution >= 0.6 is 0 Å². The van der Waals surface area contributed by atoms with E-state index in [-0.39, 0.29) is 38.8 Å². The predicted octanol–water partition coefficient (Wildman–Crippen LogP) is 4.73. The monoisotopic (exact) mass is 522 g/mol. The number of aryl methyl sites for hydroxylation is 1. The minimum absolute atomic E-state index is 0. The first-order valence-corrected chi connectivity index (χ1v) is 11.2. The SMILES string of the molecule is C=C1C=C(c2c[c-]ccc2)c2cc([C@](N)(c3ccc(C)cc3)C3CN=CN3C)ccc2N1C.[Y]. The number of fused-ring (bicyclic) bond motifs is 1. The van der Waals surface area contributed by atoms with Crippen molar-refractivity contribution in [3.8, 4) is 0 Å². The molecule has 34 heavy (non-hydrogen) atoms. The first-order chi connectivity index (χ1) is 15.9. The van der Waals surface area contributed by atoms with Gasteiger partial charge in [0.05, 0.1) is 24.5 Å². The maximum absolute atomic E-state index is 7.39. The van der Waals surface area contributed by atoms with E-state index in [2.05, 4.69) is 103 Å². The van der Waals surface area contributed by atoms with E-state index in [0.717, 1.165) is 39.2 Å². The van der Waals surface area contributed by atoms with Crippen molar-refractivity contribution in [3.63, 3.8) is 0 Å². The fraction of sp³-hybridized carbons (Fsp3) is 0.207. The number of nitrogens with zero attached hydrogens (tertiary/aromatic N) is 3. The Bertz CT molecular complexity index is 1260. The zero-order valence-corrected chi connectivity index (χ0v) is 22.8. The van der Waals surface area contributed by atoms with Gasteiger partial charge in [0.1, 0.15) is 0 Å². The van der Waals surface area contributed by atoms with E-state index in [0.29, 0.717) is 6.54 Å². The second-order valence-electron chi connectivity index (χ2n) is 9.03. The van der Waals surface area contributed by atoms with Gasteiger partial charge in [0.15, 0.2) is 0 Å². The van der Waals surface area contributed by atoms with Crippen molar-refractivity contribution in [2.24, 2.45) is 10.7 Å². The Morgan fingerprint density at radius 3 is 2.47 bits per heavy atom. The Labute approximate surface area is 227 Å². The smallest absolute Gasteiger partial charge is 0.0891 e. The van der Waals surface area contributed by atoms with Gasteiger partial charge in [-0.25, -0.2) is 0 Å². The van der Waals surface area contributed by atoms with Gasteiger partial charge in [0, 0.05) is 58.2 Å². The number of hydrogen-bond acceptors (Lipinski definition) is 4. The van der Waals surface area contributed by atoms with E-state index >= 15 is 0 Å². The Balaban J connectivity index is 0.00000274. The largest absolute Gasteiger partial charge is 0.359 e. The average Bonchev–Trinajstić information content (AvgIpc) is 3.28. The molecule has 0 fully saturated rings. The molecule has 3 aromatic rings. The molecule has 0 bridgehead atoms. The number of hydrogen-bond donors (Lipinski definition) is 1. The van der Waals surface area contributed by atoms with E-state index in [9.17, 15) is 0 Å². The second kappa shape index (κ2) is 9.61. The average molecular weight is 522 g/mol. The van der Waals surface area contributed by atoms with Crippen LogP contribution in [-0.2, 0) is 38.2 Å². The van der Waals surface area contributed by atoms with Crippen molar-refractivity contribution < 1.29 is 32.7 Å². The van der Waals surface area contributed by atoms with Crippen molar-refractivity contribution in [3.05, 3.63) is 119 Å². The molecule has 0 aliphatic carbocycles. The summed E-state index contributed by atoms with van der Waals surface area (Å²) in [4.78, 5) is 8.80. The van der Waals surface area contributed by atoms with Gasteiger partial charge in [-0.15, -0.1) is 5.56 Å². The van der Waals surface area contributed by atoms with Crippen molar-refractivity contribution in [1.82, 2.24) is 4.90 Å². The van der Waals surface area contributed by atoms with Crippen LogP contribution in [0.4, 0.5) is 5.69 Å². The van der Waals surface area contributed by atoms with Crippen LogP contribution in [0, 0.1) is 13.0 Å². The van der Waals surface area contributed by atoms with Gasteiger partial charge < -0.3 is 15.5 Å². The third-order valence-electron chi connectivity index (χ3n) is 6.97.